The van der Waals surface area contributed by atoms with Crippen molar-refractivity contribution in [3.63, 3.8) is 0 Å². The molecule has 2 aromatic rings. The lowest BCUT2D eigenvalue weighted by molar-refractivity contribution is -0.150. The van der Waals surface area contributed by atoms with Gasteiger partial charge in [-0.3, -0.25) is 24.0 Å². The van der Waals surface area contributed by atoms with Crippen LogP contribution in [-0.4, -0.2) is 66.8 Å². The zero-order valence-corrected chi connectivity index (χ0v) is 22.5. The standard InChI is InChI=1S/C28H36N4O7/c1-15(2)11-21(32-27(36)22-13-18-19(30-22)5-4-6-24(18)38-3)26(35)31-20(12-17-9-10-29-25(17)34)23(33)14-39-28(37)16-7-8-16/h4-6,13,15-17,20-21,30H,7-12,14H2,1-3H3,(H,29,34)(H,31,35)(H,32,36). The molecule has 3 unspecified atom stereocenters. The zero-order valence-electron chi connectivity index (χ0n) is 22.5. The number of aromatic amines is 1. The predicted molar refractivity (Wildman–Crippen MR) is 142 cm³/mol. The van der Waals surface area contributed by atoms with Crippen molar-refractivity contribution < 1.29 is 33.4 Å². The minimum Gasteiger partial charge on any atom is -0.496 e. The number of aromatic nitrogens is 1. The summed E-state index contributed by atoms with van der Waals surface area (Å²) >= 11 is 0. The van der Waals surface area contributed by atoms with E-state index in [1.165, 1.54) is 0 Å². The number of carbonyl (C=O) groups is 5. The lowest BCUT2D eigenvalue weighted by Crippen LogP contribution is -2.53. The molecule has 11 nitrogen and oxygen atoms in total. The molecule has 4 rings (SSSR count). The van der Waals surface area contributed by atoms with Gasteiger partial charge >= 0.3 is 5.97 Å². The van der Waals surface area contributed by atoms with Gasteiger partial charge in [0, 0.05) is 23.4 Å². The molecule has 0 spiro atoms. The number of nitrogens with one attached hydrogen (secondary N) is 4. The van der Waals surface area contributed by atoms with Gasteiger partial charge in [0.05, 0.1) is 19.1 Å². The predicted octanol–water partition coefficient (Wildman–Crippen LogP) is 1.85. The number of hydrogen-bond donors (Lipinski definition) is 4. The van der Waals surface area contributed by atoms with Crippen molar-refractivity contribution in [1.82, 2.24) is 20.9 Å². The zero-order chi connectivity index (χ0) is 28.1. The van der Waals surface area contributed by atoms with Crippen molar-refractivity contribution in [1.29, 1.82) is 0 Å². The van der Waals surface area contributed by atoms with Gasteiger partial charge in [0.2, 0.25) is 11.8 Å². The topological polar surface area (TPSA) is 156 Å². The summed E-state index contributed by atoms with van der Waals surface area (Å²) in [7, 11) is 1.55. The summed E-state index contributed by atoms with van der Waals surface area (Å²) < 4.78 is 10.5. The second-order valence-corrected chi connectivity index (χ2v) is 10.7. The highest BCUT2D eigenvalue weighted by molar-refractivity contribution is 6.02. The molecular formula is C28H36N4O7. The second-order valence-electron chi connectivity index (χ2n) is 10.7. The van der Waals surface area contributed by atoms with Crippen LogP contribution in [0.5, 0.6) is 5.75 Å². The number of rotatable bonds is 13. The van der Waals surface area contributed by atoms with Gasteiger partial charge in [-0.05, 0) is 56.2 Å². The van der Waals surface area contributed by atoms with Crippen LogP contribution in [0.4, 0.5) is 0 Å². The number of carbonyl (C=O) groups excluding carboxylic acids is 5. The molecular weight excluding hydrogens is 504 g/mol. The van der Waals surface area contributed by atoms with Gasteiger partial charge in [-0.1, -0.05) is 19.9 Å². The molecule has 2 fully saturated rings. The monoisotopic (exact) mass is 540 g/mol. The Balaban J connectivity index is 1.47. The molecule has 2 aliphatic rings. The van der Waals surface area contributed by atoms with Crippen molar-refractivity contribution >= 4 is 40.4 Å². The summed E-state index contributed by atoms with van der Waals surface area (Å²) in [6.45, 7) is 3.86. The van der Waals surface area contributed by atoms with Crippen LogP contribution in [0.2, 0.25) is 0 Å². The van der Waals surface area contributed by atoms with Crippen molar-refractivity contribution in [2.45, 2.75) is 58.0 Å². The molecule has 4 N–H and O–H groups in total. The molecule has 3 atom stereocenters. The molecule has 0 radical (unpaired) electrons. The molecule has 1 aromatic carbocycles. The Hall–Kier alpha value is -3.89. The van der Waals surface area contributed by atoms with Crippen LogP contribution in [0.25, 0.3) is 10.9 Å². The van der Waals surface area contributed by atoms with Crippen LogP contribution in [-0.2, 0) is 23.9 Å². The Morgan fingerprint density at radius 3 is 2.49 bits per heavy atom. The number of Topliss-reactive ketones (excluding diaryl/α,β-unsaturated/α-hetero) is 1. The van der Waals surface area contributed by atoms with Crippen molar-refractivity contribution in [3.05, 3.63) is 30.0 Å². The Bertz CT molecular complexity index is 1250. The van der Waals surface area contributed by atoms with E-state index >= 15 is 0 Å². The first-order valence-electron chi connectivity index (χ1n) is 13.4. The maximum atomic E-state index is 13.4. The smallest absolute Gasteiger partial charge is 0.309 e. The van der Waals surface area contributed by atoms with E-state index in [0.29, 0.717) is 30.7 Å². The van der Waals surface area contributed by atoms with E-state index < -0.39 is 48.2 Å². The fourth-order valence-electron chi connectivity index (χ4n) is 4.74. The summed E-state index contributed by atoms with van der Waals surface area (Å²) in [6.07, 6.45) is 2.44. The minimum absolute atomic E-state index is 0.0538. The van der Waals surface area contributed by atoms with E-state index in [0.717, 1.165) is 18.2 Å². The molecule has 39 heavy (non-hydrogen) atoms. The number of hydrogen-bond acceptors (Lipinski definition) is 7. The summed E-state index contributed by atoms with van der Waals surface area (Å²) in [5, 5.41) is 8.99. The molecule has 11 heteroatoms. The molecule has 210 valence electrons. The van der Waals surface area contributed by atoms with Gasteiger partial charge in [0.15, 0.2) is 12.4 Å². The molecule has 2 heterocycles. The maximum absolute atomic E-state index is 13.4. The van der Waals surface area contributed by atoms with Crippen LogP contribution < -0.4 is 20.7 Å². The Morgan fingerprint density at radius 2 is 1.85 bits per heavy atom. The summed E-state index contributed by atoms with van der Waals surface area (Å²) in [5.74, 6) is -2.07. The van der Waals surface area contributed by atoms with Gasteiger partial charge < -0.3 is 30.4 Å². The first-order chi connectivity index (χ1) is 18.7. The number of fused-ring (bicyclic) bond motifs is 1. The normalized spacial score (nSPS) is 18.4. The SMILES string of the molecule is COc1cccc2[nH]c(C(=O)NC(CC(C)C)C(=O)NC(CC3CCNC3=O)C(=O)COC(=O)C3CC3)cc12. The van der Waals surface area contributed by atoms with Gasteiger partial charge in [-0.15, -0.1) is 0 Å². The summed E-state index contributed by atoms with van der Waals surface area (Å²) in [6, 6.07) is 5.09. The Kier molecular flexibility index (Phi) is 8.88. The molecule has 1 aliphatic carbocycles. The molecule has 1 saturated carbocycles. The van der Waals surface area contributed by atoms with E-state index in [1.54, 1.807) is 25.3 Å². The van der Waals surface area contributed by atoms with Crippen LogP contribution in [0.1, 0.15) is 56.4 Å². The van der Waals surface area contributed by atoms with Gasteiger partial charge in [-0.25, -0.2) is 0 Å². The molecule has 1 aromatic heterocycles. The highest BCUT2D eigenvalue weighted by Gasteiger charge is 2.35. The Morgan fingerprint density at radius 1 is 1.08 bits per heavy atom. The average molecular weight is 541 g/mol. The number of ether oxygens (including phenoxy) is 2. The van der Waals surface area contributed by atoms with Gasteiger partial charge in [0.25, 0.3) is 5.91 Å². The van der Waals surface area contributed by atoms with Crippen molar-refractivity contribution in [2.24, 2.45) is 17.8 Å². The average Bonchev–Trinajstić information content (AvgIpc) is 3.54. The highest BCUT2D eigenvalue weighted by atomic mass is 16.5. The third-order valence-electron chi connectivity index (χ3n) is 7.07. The number of amides is 3. The quantitative estimate of drug-likeness (QED) is 0.283. The minimum atomic E-state index is -1.04. The summed E-state index contributed by atoms with van der Waals surface area (Å²) in [5.41, 5.74) is 0.976. The number of benzene rings is 1. The van der Waals surface area contributed by atoms with E-state index in [2.05, 4.69) is 20.9 Å². The van der Waals surface area contributed by atoms with Crippen molar-refractivity contribution in [2.75, 3.05) is 20.3 Å². The first kappa shape index (κ1) is 28.1. The van der Waals surface area contributed by atoms with E-state index in [-0.39, 0.29) is 29.9 Å². The van der Waals surface area contributed by atoms with Crippen LogP contribution >= 0.6 is 0 Å². The second kappa shape index (κ2) is 12.3. The number of methoxy groups -OCH3 is 1. The number of ketones is 1. The van der Waals surface area contributed by atoms with Gasteiger partial charge in [-0.2, -0.15) is 0 Å². The van der Waals surface area contributed by atoms with E-state index in [9.17, 15) is 24.0 Å². The lowest BCUT2D eigenvalue weighted by Gasteiger charge is -2.25. The number of H-pyrrole nitrogens is 1. The molecule has 1 aliphatic heterocycles. The van der Waals surface area contributed by atoms with Gasteiger partial charge in [0.1, 0.15) is 17.5 Å². The lowest BCUT2D eigenvalue weighted by atomic mass is 9.95. The maximum Gasteiger partial charge on any atom is 0.309 e. The van der Waals surface area contributed by atoms with E-state index in [1.807, 2.05) is 19.9 Å². The highest BCUT2D eigenvalue weighted by Crippen LogP contribution is 2.30. The van der Waals surface area contributed by atoms with E-state index in [4.69, 9.17) is 9.47 Å². The first-order valence-corrected chi connectivity index (χ1v) is 13.4. The Labute approximate surface area is 226 Å². The van der Waals surface area contributed by atoms with Crippen LogP contribution in [0.15, 0.2) is 24.3 Å². The third-order valence-corrected chi connectivity index (χ3v) is 7.07. The third kappa shape index (κ3) is 7.15. The largest absolute Gasteiger partial charge is 0.496 e. The molecule has 1 saturated heterocycles. The fourth-order valence-corrected chi connectivity index (χ4v) is 4.74. The van der Waals surface area contributed by atoms with Crippen LogP contribution in [0.3, 0.4) is 0 Å². The number of esters is 1. The summed E-state index contributed by atoms with van der Waals surface area (Å²) in [4.78, 5) is 66.8. The van der Waals surface area contributed by atoms with Crippen LogP contribution in [0, 0.1) is 17.8 Å². The molecule has 0 bridgehead atoms. The van der Waals surface area contributed by atoms with Crippen molar-refractivity contribution in [3.8, 4) is 5.75 Å². The molecule has 3 amide bonds. The fraction of sp³-hybridized carbons (Fsp3) is 0.536.